The average Bonchev–Trinajstić information content (AvgIpc) is 2.15. The number of rotatable bonds is 4. The lowest BCUT2D eigenvalue weighted by molar-refractivity contribution is -0.145. The summed E-state index contributed by atoms with van der Waals surface area (Å²) >= 11 is 0. The third kappa shape index (κ3) is 3.27. The van der Waals surface area contributed by atoms with E-state index in [0.29, 0.717) is 19.8 Å². The molecule has 0 aliphatic carbocycles. The van der Waals surface area contributed by atoms with Crippen LogP contribution in [-0.4, -0.2) is 49.8 Å². The number of hydrogen-bond acceptors (Lipinski definition) is 3. The molecule has 1 aliphatic rings. The Kier molecular flexibility index (Phi) is 4.35. The molecule has 0 aromatic heterocycles. The van der Waals surface area contributed by atoms with E-state index < -0.39 is 5.97 Å². The molecule has 4 heteroatoms. The van der Waals surface area contributed by atoms with Crippen LogP contribution in [0.3, 0.4) is 0 Å². The first kappa shape index (κ1) is 11.5. The summed E-state index contributed by atoms with van der Waals surface area (Å²) in [6.45, 7) is 2.05. The molecule has 0 spiro atoms. The molecule has 1 N–H and O–H groups in total. The molecule has 0 radical (unpaired) electrons. The van der Waals surface area contributed by atoms with E-state index in [9.17, 15) is 4.79 Å². The molecule has 1 fully saturated rings. The van der Waals surface area contributed by atoms with Crippen molar-refractivity contribution in [2.75, 3.05) is 33.9 Å². The fourth-order valence-corrected chi connectivity index (χ4v) is 1.94. The summed E-state index contributed by atoms with van der Waals surface area (Å²) < 4.78 is 5.23. The number of hydrogen-bond donors (Lipinski definition) is 1. The van der Waals surface area contributed by atoms with Gasteiger partial charge < -0.3 is 14.7 Å². The monoisotopic (exact) mass is 201 g/mol. The zero-order valence-corrected chi connectivity index (χ0v) is 8.90. The maximum atomic E-state index is 11.1. The first-order valence-electron chi connectivity index (χ1n) is 5.06. The van der Waals surface area contributed by atoms with E-state index in [4.69, 9.17) is 9.84 Å². The van der Waals surface area contributed by atoms with E-state index in [1.165, 1.54) is 0 Å². The normalized spacial score (nSPS) is 21.1. The molecular formula is C10H19NO3. The van der Waals surface area contributed by atoms with Gasteiger partial charge in [0.25, 0.3) is 0 Å². The summed E-state index contributed by atoms with van der Waals surface area (Å²) in [5, 5.41) is 9.11. The molecule has 4 nitrogen and oxygen atoms in total. The van der Waals surface area contributed by atoms with Crippen molar-refractivity contribution in [1.82, 2.24) is 4.90 Å². The van der Waals surface area contributed by atoms with Crippen LogP contribution in [0.4, 0.5) is 0 Å². The van der Waals surface area contributed by atoms with Crippen molar-refractivity contribution in [3.8, 4) is 0 Å². The number of nitrogens with zero attached hydrogens (tertiary/aromatic N) is 1. The van der Waals surface area contributed by atoms with Crippen LogP contribution >= 0.6 is 0 Å². The number of carbonyl (C=O) groups is 1. The summed E-state index contributed by atoms with van der Waals surface area (Å²) in [7, 11) is 3.82. The van der Waals surface area contributed by atoms with E-state index in [1.807, 2.05) is 19.0 Å². The molecule has 1 unspecified atom stereocenters. The zero-order valence-electron chi connectivity index (χ0n) is 8.90. The minimum Gasteiger partial charge on any atom is -0.481 e. The Hall–Kier alpha value is -0.610. The second kappa shape index (κ2) is 5.32. The van der Waals surface area contributed by atoms with Crippen molar-refractivity contribution in [3.63, 3.8) is 0 Å². The van der Waals surface area contributed by atoms with Gasteiger partial charge in [0.15, 0.2) is 0 Å². The quantitative estimate of drug-likeness (QED) is 0.726. The molecule has 1 atom stereocenters. The smallest absolute Gasteiger partial charge is 0.308 e. The minimum atomic E-state index is -0.675. The molecule has 1 heterocycles. The van der Waals surface area contributed by atoms with Crippen LogP contribution in [0.15, 0.2) is 0 Å². The fourth-order valence-electron chi connectivity index (χ4n) is 1.94. The van der Waals surface area contributed by atoms with Crippen LogP contribution in [0.2, 0.25) is 0 Å². The lowest BCUT2D eigenvalue weighted by Gasteiger charge is -2.29. The number of ether oxygens (including phenoxy) is 1. The van der Waals surface area contributed by atoms with Crippen molar-refractivity contribution in [3.05, 3.63) is 0 Å². The van der Waals surface area contributed by atoms with Gasteiger partial charge in [0, 0.05) is 19.8 Å². The van der Waals surface area contributed by atoms with Crippen LogP contribution in [-0.2, 0) is 9.53 Å². The Balaban J connectivity index is 2.51. The summed E-state index contributed by atoms with van der Waals surface area (Å²) in [6, 6.07) is 0. The van der Waals surface area contributed by atoms with E-state index in [-0.39, 0.29) is 11.8 Å². The van der Waals surface area contributed by atoms with E-state index in [2.05, 4.69) is 0 Å². The highest BCUT2D eigenvalue weighted by atomic mass is 16.5. The molecule has 0 aromatic rings. The molecule has 0 bridgehead atoms. The Morgan fingerprint density at radius 2 is 2.07 bits per heavy atom. The van der Waals surface area contributed by atoms with Crippen molar-refractivity contribution < 1.29 is 14.6 Å². The Labute approximate surface area is 84.8 Å². The fraction of sp³-hybridized carbons (Fsp3) is 0.900. The van der Waals surface area contributed by atoms with Gasteiger partial charge in [0.1, 0.15) is 0 Å². The topological polar surface area (TPSA) is 49.8 Å². The van der Waals surface area contributed by atoms with Crippen LogP contribution in [0, 0.1) is 11.8 Å². The molecule has 1 rings (SSSR count). The van der Waals surface area contributed by atoms with Gasteiger partial charge in [-0.15, -0.1) is 0 Å². The van der Waals surface area contributed by atoms with Crippen molar-refractivity contribution in [2.24, 2.45) is 11.8 Å². The highest BCUT2D eigenvalue weighted by Gasteiger charge is 2.29. The van der Waals surface area contributed by atoms with Gasteiger partial charge in [-0.2, -0.15) is 0 Å². The SMILES string of the molecule is CN(C)CC(C(=O)O)C1CCOCC1. The Morgan fingerprint density at radius 1 is 1.50 bits per heavy atom. The van der Waals surface area contributed by atoms with Gasteiger partial charge in [0.2, 0.25) is 0 Å². The molecule has 1 saturated heterocycles. The summed E-state index contributed by atoms with van der Waals surface area (Å²) in [5.74, 6) is -0.636. The highest BCUT2D eigenvalue weighted by molar-refractivity contribution is 5.70. The minimum absolute atomic E-state index is 0.242. The summed E-state index contributed by atoms with van der Waals surface area (Å²) in [5.41, 5.74) is 0. The van der Waals surface area contributed by atoms with Gasteiger partial charge in [-0.1, -0.05) is 0 Å². The Morgan fingerprint density at radius 3 is 2.50 bits per heavy atom. The lowest BCUT2D eigenvalue weighted by atomic mass is 9.86. The van der Waals surface area contributed by atoms with Crippen LogP contribution < -0.4 is 0 Å². The predicted octanol–water partition coefficient (Wildman–Crippen LogP) is 0.675. The largest absolute Gasteiger partial charge is 0.481 e. The first-order chi connectivity index (χ1) is 6.61. The average molecular weight is 201 g/mol. The van der Waals surface area contributed by atoms with E-state index >= 15 is 0 Å². The molecule has 0 saturated carbocycles. The predicted molar refractivity (Wildman–Crippen MR) is 53.2 cm³/mol. The second-order valence-corrected chi connectivity index (χ2v) is 4.16. The molecule has 82 valence electrons. The first-order valence-corrected chi connectivity index (χ1v) is 5.06. The number of aliphatic carboxylic acids is 1. The van der Waals surface area contributed by atoms with Gasteiger partial charge >= 0.3 is 5.97 Å². The maximum Gasteiger partial charge on any atom is 0.308 e. The third-order valence-corrected chi connectivity index (χ3v) is 2.71. The lowest BCUT2D eigenvalue weighted by Crippen LogP contribution is -2.36. The van der Waals surface area contributed by atoms with Crippen molar-refractivity contribution >= 4 is 5.97 Å². The summed E-state index contributed by atoms with van der Waals surface area (Å²) in [6.07, 6.45) is 1.76. The second-order valence-electron chi connectivity index (χ2n) is 4.16. The van der Waals surface area contributed by atoms with Crippen molar-refractivity contribution in [2.45, 2.75) is 12.8 Å². The number of carboxylic acid groups (broad SMARTS) is 1. The molecule has 14 heavy (non-hydrogen) atoms. The van der Waals surface area contributed by atoms with Crippen LogP contribution in [0.1, 0.15) is 12.8 Å². The standard InChI is InChI=1S/C10H19NO3/c1-11(2)7-9(10(12)13)8-3-5-14-6-4-8/h8-9H,3-7H2,1-2H3,(H,12,13). The van der Waals surface area contributed by atoms with Gasteiger partial charge in [-0.05, 0) is 32.9 Å². The van der Waals surface area contributed by atoms with Crippen LogP contribution in [0.25, 0.3) is 0 Å². The van der Waals surface area contributed by atoms with Crippen LogP contribution in [0.5, 0.6) is 0 Å². The zero-order chi connectivity index (χ0) is 10.6. The molecular weight excluding hydrogens is 182 g/mol. The highest BCUT2D eigenvalue weighted by Crippen LogP contribution is 2.24. The molecule has 1 aliphatic heterocycles. The Bertz CT molecular complexity index is 188. The third-order valence-electron chi connectivity index (χ3n) is 2.71. The summed E-state index contributed by atoms with van der Waals surface area (Å²) in [4.78, 5) is 13.0. The van der Waals surface area contributed by atoms with Gasteiger partial charge in [-0.3, -0.25) is 4.79 Å². The van der Waals surface area contributed by atoms with Gasteiger partial charge in [-0.25, -0.2) is 0 Å². The van der Waals surface area contributed by atoms with E-state index in [0.717, 1.165) is 12.8 Å². The maximum absolute atomic E-state index is 11.1. The molecule has 0 amide bonds. The molecule has 0 aromatic carbocycles. The van der Waals surface area contributed by atoms with E-state index in [1.54, 1.807) is 0 Å². The van der Waals surface area contributed by atoms with Crippen molar-refractivity contribution in [1.29, 1.82) is 0 Å². The van der Waals surface area contributed by atoms with Gasteiger partial charge in [0.05, 0.1) is 5.92 Å². The number of carboxylic acids is 1.